The number of nitrogens with zero attached hydrogens (tertiary/aromatic N) is 4. The molecule has 23 heavy (non-hydrogen) atoms. The highest BCUT2D eigenvalue weighted by Gasteiger charge is 2.06. The molecule has 2 aromatic rings. The summed E-state index contributed by atoms with van der Waals surface area (Å²) in [6.45, 7) is 0.958. The van der Waals surface area contributed by atoms with Crippen LogP contribution in [0.2, 0.25) is 0 Å². The van der Waals surface area contributed by atoms with E-state index in [9.17, 15) is 0 Å². The van der Waals surface area contributed by atoms with Crippen molar-refractivity contribution in [2.24, 2.45) is 0 Å². The Morgan fingerprint density at radius 1 is 0.826 bits per heavy atom. The molecule has 5 nitrogen and oxygen atoms in total. The van der Waals surface area contributed by atoms with Gasteiger partial charge in [-0.25, -0.2) is 15.0 Å². The van der Waals surface area contributed by atoms with Crippen molar-refractivity contribution in [1.82, 2.24) is 19.5 Å². The SMILES string of the molecule is Nc1ncnc2c1ncn2CCCCCCCCCCCCBr. The Labute approximate surface area is 147 Å². The van der Waals surface area contributed by atoms with E-state index in [0.29, 0.717) is 11.3 Å². The van der Waals surface area contributed by atoms with Gasteiger partial charge in [0.25, 0.3) is 0 Å². The number of hydrogen-bond donors (Lipinski definition) is 1. The lowest BCUT2D eigenvalue weighted by Crippen LogP contribution is -1.99. The number of fused-ring (bicyclic) bond motifs is 1. The van der Waals surface area contributed by atoms with Crippen molar-refractivity contribution in [2.45, 2.75) is 70.8 Å². The van der Waals surface area contributed by atoms with Gasteiger partial charge in [0.2, 0.25) is 0 Å². The molecule has 0 fully saturated rings. The van der Waals surface area contributed by atoms with Crippen LogP contribution in [0.3, 0.4) is 0 Å². The first-order chi connectivity index (χ1) is 11.3. The van der Waals surface area contributed by atoms with Crippen molar-refractivity contribution in [3.63, 3.8) is 0 Å². The van der Waals surface area contributed by atoms with Crippen LogP contribution in [0.5, 0.6) is 0 Å². The molecule has 6 heteroatoms. The van der Waals surface area contributed by atoms with E-state index in [1.165, 1.54) is 70.5 Å². The lowest BCUT2D eigenvalue weighted by molar-refractivity contribution is 0.537. The summed E-state index contributed by atoms with van der Waals surface area (Å²) in [4.78, 5) is 12.5. The van der Waals surface area contributed by atoms with Crippen molar-refractivity contribution in [2.75, 3.05) is 11.1 Å². The van der Waals surface area contributed by atoms with E-state index in [2.05, 4.69) is 35.4 Å². The van der Waals surface area contributed by atoms with Gasteiger partial charge >= 0.3 is 0 Å². The molecule has 0 unspecified atom stereocenters. The van der Waals surface area contributed by atoms with Crippen LogP contribution in [0.25, 0.3) is 11.2 Å². The van der Waals surface area contributed by atoms with Crippen molar-refractivity contribution < 1.29 is 0 Å². The summed E-state index contributed by atoms with van der Waals surface area (Å²) in [5.41, 5.74) is 7.36. The number of aryl methyl sites for hydroxylation is 1. The maximum absolute atomic E-state index is 5.80. The van der Waals surface area contributed by atoms with E-state index >= 15 is 0 Å². The van der Waals surface area contributed by atoms with Crippen LogP contribution in [-0.4, -0.2) is 24.8 Å². The third-order valence-electron chi connectivity index (χ3n) is 4.21. The van der Waals surface area contributed by atoms with Gasteiger partial charge in [0.15, 0.2) is 11.5 Å². The van der Waals surface area contributed by atoms with Crippen molar-refractivity contribution >= 4 is 32.9 Å². The molecule has 0 bridgehead atoms. The standard InChI is InChI=1S/C17H28BrN5/c18-11-9-7-5-3-1-2-4-6-8-10-12-23-14-22-15-16(19)20-13-21-17(15)23/h13-14H,1-12H2,(H2,19,20,21). The van der Waals surface area contributed by atoms with Gasteiger partial charge in [-0.1, -0.05) is 67.3 Å². The van der Waals surface area contributed by atoms with Crippen molar-refractivity contribution in [3.05, 3.63) is 12.7 Å². The van der Waals surface area contributed by atoms with Crippen molar-refractivity contribution in [1.29, 1.82) is 0 Å². The summed E-state index contributed by atoms with van der Waals surface area (Å²) in [6, 6.07) is 0. The Morgan fingerprint density at radius 2 is 1.43 bits per heavy atom. The second kappa shape index (κ2) is 10.6. The molecule has 0 atom stereocenters. The van der Waals surface area contributed by atoms with Gasteiger partial charge < -0.3 is 10.3 Å². The number of halogens is 1. The first-order valence-corrected chi connectivity index (χ1v) is 9.92. The Balaban J connectivity index is 1.53. The number of imidazole rings is 1. The largest absolute Gasteiger partial charge is 0.382 e. The Kier molecular flexibility index (Phi) is 8.36. The molecule has 0 aliphatic rings. The van der Waals surface area contributed by atoms with Crippen LogP contribution < -0.4 is 5.73 Å². The lowest BCUT2D eigenvalue weighted by atomic mass is 10.1. The van der Waals surface area contributed by atoms with E-state index in [0.717, 1.165) is 17.5 Å². The quantitative estimate of drug-likeness (QED) is 0.427. The van der Waals surface area contributed by atoms with Crippen LogP contribution in [0.4, 0.5) is 5.82 Å². The molecule has 0 saturated heterocycles. The van der Waals surface area contributed by atoms with Gasteiger partial charge in [0.1, 0.15) is 11.8 Å². The minimum absolute atomic E-state index is 0.463. The van der Waals surface area contributed by atoms with E-state index in [4.69, 9.17) is 5.73 Å². The Hall–Kier alpha value is -1.17. The molecule has 0 aliphatic heterocycles. The molecule has 0 aliphatic carbocycles. The number of rotatable bonds is 12. The molecular weight excluding hydrogens is 354 g/mol. The fourth-order valence-electron chi connectivity index (χ4n) is 2.85. The molecule has 2 N–H and O–H groups in total. The summed E-state index contributed by atoms with van der Waals surface area (Å²) in [5, 5.41) is 1.15. The van der Waals surface area contributed by atoms with Gasteiger partial charge in [-0.15, -0.1) is 0 Å². The first-order valence-electron chi connectivity index (χ1n) is 8.80. The highest BCUT2D eigenvalue weighted by molar-refractivity contribution is 9.09. The highest BCUT2D eigenvalue weighted by Crippen LogP contribution is 2.16. The number of nitrogens with two attached hydrogens (primary N) is 1. The Bertz CT molecular complexity index is 569. The fourth-order valence-corrected chi connectivity index (χ4v) is 3.25. The molecule has 128 valence electrons. The van der Waals surface area contributed by atoms with E-state index in [1.807, 2.05) is 6.33 Å². The predicted molar refractivity (Wildman–Crippen MR) is 99.7 cm³/mol. The van der Waals surface area contributed by atoms with Crippen LogP contribution >= 0.6 is 15.9 Å². The second-order valence-electron chi connectivity index (χ2n) is 6.09. The molecule has 2 aromatic heterocycles. The van der Waals surface area contributed by atoms with Gasteiger partial charge in [-0.2, -0.15) is 0 Å². The molecule has 0 radical (unpaired) electrons. The maximum Gasteiger partial charge on any atom is 0.165 e. The van der Waals surface area contributed by atoms with Gasteiger partial charge in [-0.3, -0.25) is 0 Å². The first kappa shape index (κ1) is 18.2. The summed E-state index contributed by atoms with van der Waals surface area (Å²) in [7, 11) is 0. The van der Waals surface area contributed by atoms with Crippen LogP contribution in [0.1, 0.15) is 64.2 Å². The van der Waals surface area contributed by atoms with E-state index < -0.39 is 0 Å². The monoisotopic (exact) mass is 381 g/mol. The Morgan fingerprint density at radius 3 is 2.09 bits per heavy atom. The van der Waals surface area contributed by atoms with Crippen LogP contribution in [0, 0.1) is 0 Å². The average molecular weight is 382 g/mol. The van der Waals surface area contributed by atoms with Crippen molar-refractivity contribution in [3.8, 4) is 0 Å². The van der Waals surface area contributed by atoms with Gasteiger partial charge in [0, 0.05) is 11.9 Å². The summed E-state index contributed by atoms with van der Waals surface area (Å²) in [5.74, 6) is 0.463. The van der Waals surface area contributed by atoms with Gasteiger partial charge in [0.05, 0.1) is 6.33 Å². The summed E-state index contributed by atoms with van der Waals surface area (Å²) >= 11 is 3.48. The molecule has 0 amide bonds. The topological polar surface area (TPSA) is 69.6 Å². The third-order valence-corrected chi connectivity index (χ3v) is 4.77. The smallest absolute Gasteiger partial charge is 0.165 e. The summed E-state index contributed by atoms with van der Waals surface area (Å²) < 4.78 is 2.08. The molecule has 2 heterocycles. The zero-order valence-electron chi connectivity index (χ0n) is 13.9. The zero-order valence-corrected chi connectivity index (χ0v) is 15.5. The number of anilines is 1. The fraction of sp³-hybridized carbons (Fsp3) is 0.706. The minimum Gasteiger partial charge on any atom is -0.382 e. The number of hydrogen-bond acceptors (Lipinski definition) is 4. The molecule has 0 aromatic carbocycles. The third kappa shape index (κ3) is 6.09. The average Bonchev–Trinajstić information content (AvgIpc) is 2.97. The minimum atomic E-state index is 0.463. The van der Waals surface area contributed by atoms with E-state index in [1.54, 1.807) is 0 Å². The lowest BCUT2D eigenvalue weighted by Gasteiger charge is -2.04. The zero-order chi connectivity index (χ0) is 16.3. The number of nitrogen functional groups attached to an aromatic ring is 1. The number of aromatic nitrogens is 4. The highest BCUT2D eigenvalue weighted by atomic mass is 79.9. The molecular formula is C17H28BrN5. The maximum atomic E-state index is 5.80. The molecule has 2 rings (SSSR count). The summed E-state index contributed by atoms with van der Waals surface area (Å²) in [6.07, 6.45) is 16.7. The van der Waals surface area contributed by atoms with E-state index in [-0.39, 0.29) is 0 Å². The van der Waals surface area contributed by atoms with Crippen LogP contribution in [-0.2, 0) is 6.54 Å². The molecule has 0 spiro atoms. The molecule has 0 saturated carbocycles. The van der Waals surface area contributed by atoms with Crippen LogP contribution in [0.15, 0.2) is 12.7 Å². The number of unbranched alkanes of at least 4 members (excludes halogenated alkanes) is 9. The predicted octanol–water partition coefficient (Wildman–Crippen LogP) is 4.70. The number of alkyl halides is 1. The van der Waals surface area contributed by atoms with Gasteiger partial charge in [-0.05, 0) is 12.8 Å². The second-order valence-corrected chi connectivity index (χ2v) is 6.89. The normalized spacial score (nSPS) is 11.3.